The van der Waals surface area contributed by atoms with Crippen LogP contribution in [-0.4, -0.2) is 66.5 Å². The second kappa shape index (κ2) is 13.7. The van der Waals surface area contributed by atoms with Crippen LogP contribution in [-0.2, 0) is 22.6 Å². The summed E-state index contributed by atoms with van der Waals surface area (Å²) >= 11 is 0. The zero-order valence-corrected chi connectivity index (χ0v) is 21.8. The first-order valence-corrected chi connectivity index (χ1v) is 12.2. The maximum Gasteiger partial charge on any atom is 0.275 e. The molecule has 3 amide bonds. The lowest BCUT2D eigenvalue weighted by atomic mass is 10.1. The molecule has 3 rings (SSSR count). The smallest absolute Gasteiger partial charge is 0.275 e. The minimum absolute atomic E-state index is 0.276. The molecule has 0 aliphatic rings. The van der Waals surface area contributed by atoms with E-state index < -0.39 is 23.8 Å². The number of rotatable bonds is 9. The molecule has 0 saturated heterocycles. The van der Waals surface area contributed by atoms with E-state index in [1.165, 1.54) is 30.7 Å². The minimum atomic E-state index is -1.51. The Morgan fingerprint density at radius 2 is 1.39 bits per heavy atom. The average molecular weight is 513 g/mol. The first-order valence-electron chi connectivity index (χ1n) is 12.2. The number of benzene rings is 3. The van der Waals surface area contributed by atoms with Crippen LogP contribution in [0, 0.1) is 11.8 Å². The summed E-state index contributed by atoms with van der Waals surface area (Å²) in [5, 5.41) is 11.2. The van der Waals surface area contributed by atoms with Gasteiger partial charge in [-0.05, 0) is 61.0 Å². The SMILES string of the molecule is CNC(=O)C(C(=O)NO)N(C)C(=O)c1ccc(C#Cc2ccc(CN(C)CCc3ccccc3)cc2)cc1. The summed E-state index contributed by atoms with van der Waals surface area (Å²) in [6.07, 6.45) is 1.01. The van der Waals surface area contributed by atoms with Crippen molar-refractivity contribution in [3.63, 3.8) is 0 Å². The van der Waals surface area contributed by atoms with Crippen molar-refractivity contribution in [3.05, 3.63) is 107 Å². The van der Waals surface area contributed by atoms with E-state index >= 15 is 0 Å². The third-order valence-corrected chi connectivity index (χ3v) is 6.08. The number of nitrogens with one attached hydrogen (secondary N) is 2. The van der Waals surface area contributed by atoms with Gasteiger partial charge in [0.25, 0.3) is 17.7 Å². The predicted molar refractivity (Wildman–Crippen MR) is 145 cm³/mol. The molecule has 3 N–H and O–H groups in total. The number of carbonyl (C=O) groups excluding carboxylic acids is 3. The molecule has 0 aliphatic carbocycles. The molecule has 1 unspecified atom stereocenters. The number of likely N-dealkylation sites (N-methyl/N-ethyl adjacent to an activating group) is 3. The van der Waals surface area contributed by atoms with Gasteiger partial charge in [-0.25, -0.2) is 5.48 Å². The van der Waals surface area contributed by atoms with Crippen LogP contribution in [0.15, 0.2) is 78.9 Å². The van der Waals surface area contributed by atoms with Gasteiger partial charge in [0.1, 0.15) is 0 Å². The maximum absolute atomic E-state index is 12.8. The monoisotopic (exact) mass is 512 g/mol. The largest absolute Gasteiger partial charge is 0.357 e. The fraction of sp³-hybridized carbons (Fsp3) is 0.233. The van der Waals surface area contributed by atoms with Gasteiger partial charge in [-0.15, -0.1) is 0 Å². The van der Waals surface area contributed by atoms with Crippen LogP contribution in [0.2, 0.25) is 0 Å². The number of hydroxylamine groups is 1. The van der Waals surface area contributed by atoms with E-state index in [9.17, 15) is 14.4 Å². The summed E-state index contributed by atoms with van der Waals surface area (Å²) in [6.45, 7) is 1.83. The van der Waals surface area contributed by atoms with Crippen LogP contribution in [0.5, 0.6) is 0 Å². The van der Waals surface area contributed by atoms with Crippen LogP contribution >= 0.6 is 0 Å². The maximum atomic E-state index is 12.8. The standard InChI is InChI=1S/C30H32N4O4/c1-31-28(35)27(29(36)32-38)34(3)30(37)26-17-15-24(16-18-26)10-9-23-11-13-25(14-12-23)21-33(2)20-19-22-7-5-4-6-8-22/h4-8,11-18,27,38H,19-21H2,1-3H3,(H,31,35)(H,32,36). The number of hydrogen-bond donors (Lipinski definition) is 3. The van der Waals surface area contributed by atoms with Gasteiger partial charge in [0.05, 0.1) is 0 Å². The van der Waals surface area contributed by atoms with Crippen molar-refractivity contribution < 1.29 is 19.6 Å². The van der Waals surface area contributed by atoms with Crippen molar-refractivity contribution in [3.8, 4) is 11.8 Å². The third-order valence-electron chi connectivity index (χ3n) is 6.08. The lowest BCUT2D eigenvalue weighted by molar-refractivity contribution is -0.140. The van der Waals surface area contributed by atoms with Crippen molar-refractivity contribution in [1.82, 2.24) is 20.6 Å². The minimum Gasteiger partial charge on any atom is -0.357 e. The van der Waals surface area contributed by atoms with E-state index in [2.05, 4.69) is 65.5 Å². The predicted octanol–water partition coefficient (Wildman–Crippen LogP) is 2.45. The summed E-state index contributed by atoms with van der Waals surface area (Å²) in [6, 6.07) is 23.6. The fourth-order valence-electron chi connectivity index (χ4n) is 3.88. The van der Waals surface area contributed by atoms with E-state index in [0.717, 1.165) is 30.0 Å². The van der Waals surface area contributed by atoms with Crippen LogP contribution < -0.4 is 10.8 Å². The molecule has 0 heterocycles. The van der Waals surface area contributed by atoms with E-state index in [0.29, 0.717) is 5.56 Å². The fourth-order valence-corrected chi connectivity index (χ4v) is 3.88. The van der Waals surface area contributed by atoms with Gasteiger partial charge in [-0.1, -0.05) is 54.3 Å². The second-order valence-corrected chi connectivity index (χ2v) is 8.91. The Morgan fingerprint density at radius 1 is 0.816 bits per heavy atom. The van der Waals surface area contributed by atoms with E-state index in [1.54, 1.807) is 24.3 Å². The first-order chi connectivity index (χ1) is 18.3. The summed E-state index contributed by atoms with van der Waals surface area (Å²) in [7, 11) is 4.77. The molecule has 0 radical (unpaired) electrons. The lowest BCUT2D eigenvalue weighted by Crippen LogP contribution is -2.54. The van der Waals surface area contributed by atoms with Crippen LogP contribution in [0.3, 0.4) is 0 Å². The molecule has 0 saturated carbocycles. The van der Waals surface area contributed by atoms with Crippen molar-refractivity contribution in [1.29, 1.82) is 0 Å². The van der Waals surface area contributed by atoms with Gasteiger partial charge in [-0.3, -0.25) is 19.6 Å². The Hall–Kier alpha value is -4.45. The molecular formula is C30H32N4O4. The second-order valence-electron chi connectivity index (χ2n) is 8.91. The van der Waals surface area contributed by atoms with Crippen molar-refractivity contribution in [2.45, 2.75) is 19.0 Å². The molecule has 0 fully saturated rings. The van der Waals surface area contributed by atoms with Gasteiger partial charge in [-0.2, -0.15) is 0 Å². The summed E-state index contributed by atoms with van der Waals surface area (Å²) < 4.78 is 0. The molecule has 1 atom stereocenters. The molecule has 3 aromatic rings. The van der Waals surface area contributed by atoms with Gasteiger partial charge in [0, 0.05) is 43.9 Å². The van der Waals surface area contributed by atoms with Gasteiger partial charge in [0.2, 0.25) is 0 Å². The summed E-state index contributed by atoms with van der Waals surface area (Å²) in [5.41, 5.74) is 5.83. The highest BCUT2D eigenvalue weighted by atomic mass is 16.5. The molecular weight excluding hydrogens is 480 g/mol. The molecule has 3 aromatic carbocycles. The number of nitrogens with zero attached hydrogens (tertiary/aromatic N) is 2. The normalized spacial score (nSPS) is 11.2. The first kappa shape index (κ1) is 28.1. The highest BCUT2D eigenvalue weighted by Crippen LogP contribution is 2.11. The number of hydrogen-bond acceptors (Lipinski definition) is 5. The zero-order valence-electron chi connectivity index (χ0n) is 21.8. The summed E-state index contributed by atoms with van der Waals surface area (Å²) in [5.74, 6) is 3.94. The lowest BCUT2D eigenvalue weighted by Gasteiger charge is -2.25. The number of amides is 3. The third kappa shape index (κ3) is 7.77. The van der Waals surface area contributed by atoms with Crippen molar-refractivity contribution >= 4 is 17.7 Å². The molecule has 196 valence electrons. The van der Waals surface area contributed by atoms with E-state index in [1.807, 2.05) is 18.2 Å². The number of carbonyl (C=O) groups is 3. The van der Waals surface area contributed by atoms with Crippen LogP contribution in [0.1, 0.15) is 32.6 Å². The Kier molecular flexibility index (Phi) is 10.2. The van der Waals surface area contributed by atoms with Crippen LogP contribution in [0.4, 0.5) is 0 Å². The zero-order chi connectivity index (χ0) is 27.5. The highest BCUT2D eigenvalue weighted by Gasteiger charge is 2.33. The van der Waals surface area contributed by atoms with Crippen molar-refractivity contribution in [2.75, 3.05) is 27.7 Å². The van der Waals surface area contributed by atoms with Crippen molar-refractivity contribution in [2.24, 2.45) is 0 Å². The summed E-state index contributed by atoms with van der Waals surface area (Å²) in [4.78, 5) is 39.9. The molecule has 0 spiro atoms. The molecule has 0 aromatic heterocycles. The van der Waals surface area contributed by atoms with Gasteiger partial charge in [0.15, 0.2) is 6.04 Å². The highest BCUT2D eigenvalue weighted by molar-refractivity contribution is 6.08. The molecule has 8 nitrogen and oxygen atoms in total. The Morgan fingerprint density at radius 3 is 1.95 bits per heavy atom. The average Bonchev–Trinajstić information content (AvgIpc) is 2.96. The molecule has 38 heavy (non-hydrogen) atoms. The quantitative estimate of drug-likeness (QED) is 0.177. The topological polar surface area (TPSA) is 102 Å². The van der Waals surface area contributed by atoms with Gasteiger partial charge < -0.3 is 15.1 Å². The Bertz CT molecular complexity index is 1280. The van der Waals surface area contributed by atoms with E-state index in [-0.39, 0.29) is 5.56 Å². The van der Waals surface area contributed by atoms with Crippen LogP contribution in [0.25, 0.3) is 0 Å². The molecule has 8 heteroatoms. The Labute approximate surface area is 223 Å². The van der Waals surface area contributed by atoms with Gasteiger partial charge >= 0.3 is 0 Å². The Balaban J connectivity index is 1.58. The van der Waals surface area contributed by atoms with E-state index in [4.69, 9.17) is 5.21 Å². The molecule has 0 bridgehead atoms. The molecule has 0 aliphatic heterocycles.